The Labute approximate surface area is 123 Å². The first kappa shape index (κ1) is 15.3. The summed E-state index contributed by atoms with van der Waals surface area (Å²) in [6.07, 6.45) is 1.25. The fourth-order valence-electron chi connectivity index (χ4n) is 2.51. The van der Waals surface area contributed by atoms with Crippen molar-refractivity contribution in [2.75, 3.05) is 19.0 Å². The van der Waals surface area contributed by atoms with E-state index in [1.807, 2.05) is 13.8 Å². The molecule has 0 amide bonds. The molecule has 0 bridgehead atoms. The van der Waals surface area contributed by atoms with Gasteiger partial charge in [-0.3, -0.25) is 0 Å². The number of nitrogens with one attached hydrogen (secondary N) is 1. The molecule has 6 heteroatoms. The zero-order valence-electron chi connectivity index (χ0n) is 12.6. The van der Waals surface area contributed by atoms with Gasteiger partial charge < -0.3 is 14.8 Å². The molecule has 0 aliphatic heterocycles. The van der Waals surface area contributed by atoms with Crippen molar-refractivity contribution < 1.29 is 14.3 Å². The lowest BCUT2D eigenvalue weighted by Gasteiger charge is -2.51. The summed E-state index contributed by atoms with van der Waals surface area (Å²) in [5, 5.41) is 4.19. The molecule has 5 nitrogen and oxygen atoms in total. The number of anilines is 1. The quantitative estimate of drug-likeness (QED) is 0.847. The van der Waals surface area contributed by atoms with Crippen LogP contribution in [0.1, 0.15) is 42.6 Å². The van der Waals surface area contributed by atoms with Crippen molar-refractivity contribution in [3.63, 3.8) is 0 Å². The van der Waals surface area contributed by atoms with Crippen molar-refractivity contribution in [1.82, 2.24) is 4.98 Å². The predicted molar refractivity (Wildman–Crippen MR) is 79.4 cm³/mol. The molecule has 1 heterocycles. The van der Waals surface area contributed by atoms with E-state index in [0.29, 0.717) is 11.7 Å². The second kappa shape index (κ2) is 5.69. The number of ether oxygens (including phenoxy) is 2. The molecule has 0 spiro atoms. The Morgan fingerprint density at radius 2 is 2.25 bits per heavy atom. The van der Waals surface area contributed by atoms with Crippen LogP contribution in [0, 0.1) is 12.3 Å². The highest BCUT2D eigenvalue weighted by atomic mass is 32.1. The third-order valence-electron chi connectivity index (χ3n) is 4.02. The summed E-state index contributed by atoms with van der Waals surface area (Å²) in [4.78, 5) is 16.8. The maximum Gasteiger partial charge on any atom is 0.357 e. The monoisotopic (exact) mass is 298 g/mol. The van der Waals surface area contributed by atoms with E-state index in [1.54, 1.807) is 0 Å². The molecule has 2 unspecified atom stereocenters. The molecule has 0 radical (unpaired) electrons. The highest BCUT2D eigenvalue weighted by Gasteiger charge is 2.49. The largest absolute Gasteiger partial charge is 0.464 e. The number of aromatic nitrogens is 1. The Hall–Kier alpha value is -1.14. The average Bonchev–Trinajstić information content (AvgIpc) is 2.78. The SMILES string of the molecule is CCOC1CC(Nc2nc(C(=O)OC)c(C)s2)C1(C)C. The maximum absolute atomic E-state index is 11.6. The molecule has 0 saturated heterocycles. The fourth-order valence-corrected chi connectivity index (χ4v) is 3.36. The van der Waals surface area contributed by atoms with E-state index >= 15 is 0 Å². The Balaban J connectivity index is 2.04. The molecule has 0 aromatic carbocycles. The number of esters is 1. The summed E-state index contributed by atoms with van der Waals surface area (Å²) in [5.74, 6) is -0.383. The predicted octanol–water partition coefficient (Wildman–Crippen LogP) is 2.85. The van der Waals surface area contributed by atoms with E-state index < -0.39 is 0 Å². The van der Waals surface area contributed by atoms with Crippen molar-refractivity contribution in [3.8, 4) is 0 Å². The highest BCUT2D eigenvalue weighted by molar-refractivity contribution is 7.15. The third-order valence-corrected chi connectivity index (χ3v) is 4.92. The first-order valence-electron chi connectivity index (χ1n) is 6.84. The molecule has 20 heavy (non-hydrogen) atoms. The minimum Gasteiger partial charge on any atom is -0.464 e. The van der Waals surface area contributed by atoms with Crippen LogP contribution >= 0.6 is 11.3 Å². The van der Waals surface area contributed by atoms with Gasteiger partial charge in [0.05, 0.1) is 13.2 Å². The van der Waals surface area contributed by atoms with Gasteiger partial charge in [-0.2, -0.15) is 0 Å². The van der Waals surface area contributed by atoms with Crippen LogP contribution in [0.3, 0.4) is 0 Å². The van der Waals surface area contributed by atoms with Gasteiger partial charge in [0.15, 0.2) is 10.8 Å². The number of methoxy groups -OCH3 is 1. The van der Waals surface area contributed by atoms with Gasteiger partial charge in [0.2, 0.25) is 0 Å². The van der Waals surface area contributed by atoms with Crippen LogP contribution in [0.15, 0.2) is 0 Å². The van der Waals surface area contributed by atoms with Crippen molar-refractivity contribution in [2.45, 2.75) is 46.3 Å². The van der Waals surface area contributed by atoms with Gasteiger partial charge >= 0.3 is 5.97 Å². The topological polar surface area (TPSA) is 60.5 Å². The van der Waals surface area contributed by atoms with Gasteiger partial charge in [0.25, 0.3) is 0 Å². The maximum atomic E-state index is 11.6. The van der Waals surface area contributed by atoms with Crippen LogP contribution in [0.5, 0.6) is 0 Å². The summed E-state index contributed by atoms with van der Waals surface area (Å²) < 4.78 is 10.4. The number of nitrogens with zero attached hydrogens (tertiary/aromatic N) is 1. The zero-order valence-corrected chi connectivity index (χ0v) is 13.5. The van der Waals surface area contributed by atoms with E-state index in [1.165, 1.54) is 18.4 Å². The molecule has 1 N–H and O–H groups in total. The minimum absolute atomic E-state index is 0.0704. The summed E-state index contributed by atoms with van der Waals surface area (Å²) in [7, 11) is 1.37. The van der Waals surface area contributed by atoms with E-state index in [9.17, 15) is 4.79 Å². The Bertz CT molecular complexity index is 499. The van der Waals surface area contributed by atoms with Gasteiger partial charge in [0, 0.05) is 22.9 Å². The first-order chi connectivity index (χ1) is 9.40. The van der Waals surface area contributed by atoms with Crippen LogP contribution in [0.2, 0.25) is 0 Å². The molecule has 2 rings (SSSR count). The Morgan fingerprint density at radius 1 is 1.55 bits per heavy atom. The lowest BCUT2D eigenvalue weighted by molar-refractivity contribution is -0.0976. The van der Waals surface area contributed by atoms with Crippen LogP contribution in [-0.2, 0) is 9.47 Å². The standard InChI is InChI=1S/C14H22N2O3S/c1-6-19-10-7-9(14(10,3)4)15-13-16-11(8(2)20-13)12(17)18-5/h9-10H,6-7H2,1-5H3,(H,15,16). The van der Waals surface area contributed by atoms with Crippen LogP contribution in [0.25, 0.3) is 0 Å². The molecule has 2 atom stereocenters. The minimum atomic E-state index is -0.383. The molecule has 1 aromatic heterocycles. The zero-order chi connectivity index (χ0) is 14.9. The van der Waals surface area contributed by atoms with E-state index in [0.717, 1.165) is 23.0 Å². The summed E-state index contributed by atoms with van der Waals surface area (Å²) in [6.45, 7) is 9.02. The van der Waals surface area contributed by atoms with Crippen LogP contribution < -0.4 is 5.32 Å². The molecule has 112 valence electrons. The van der Waals surface area contributed by atoms with Gasteiger partial charge in [-0.1, -0.05) is 13.8 Å². The van der Waals surface area contributed by atoms with Crippen molar-refractivity contribution in [1.29, 1.82) is 0 Å². The number of aryl methyl sites for hydroxylation is 1. The van der Waals surface area contributed by atoms with Crippen LogP contribution in [0.4, 0.5) is 5.13 Å². The molecular weight excluding hydrogens is 276 g/mol. The number of hydrogen-bond acceptors (Lipinski definition) is 6. The molecule has 1 aliphatic carbocycles. The molecule has 1 saturated carbocycles. The smallest absolute Gasteiger partial charge is 0.357 e. The van der Waals surface area contributed by atoms with Gasteiger partial charge in [-0.25, -0.2) is 9.78 Å². The van der Waals surface area contributed by atoms with E-state index in [-0.39, 0.29) is 17.5 Å². The van der Waals surface area contributed by atoms with Crippen molar-refractivity contribution in [2.24, 2.45) is 5.41 Å². The molecule has 1 aliphatic rings. The number of rotatable bonds is 5. The molecule has 1 fully saturated rings. The number of carbonyl (C=O) groups is 1. The normalized spacial score (nSPS) is 24.1. The Kier molecular flexibility index (Phi) is 4.34. The highest BCUT2D eigenvalue weighted by Crippen LogP contribution is 2.44. The fraction of sp³-hybridized carbons (Fsp3) is 0.714. The molecular formula is C14H22N2O3S. The second-order valence-electron chi connectivity index (χ2n) is 5.61. The van der Waals surface area contributed by atoms with Gasteiger partial charge in [0.1, 0.15) is 0 Å². The van der Waals surface area contributed by atoms with Crippen LogP contribution in [-0.4, -0.2) is 36.8 Å². The summed E-state index contributed by atoms with van der Waals surface area (Å²) >= 11 is 1.49. The third kappa shape index (κ3) is 2.67. The Morgan fingerprint density at radius 3 is 2.80 bits per heavy atom. The van der Waals surface area contributed by atoms with Gasteiger partial charge in [-0.15, -0.1) is 11.3 Å². The first-order valence-corrected chi connectivity index (χ1v) is 7.65. The van der Waals surface area contributed by atoms with E-state index in [2.05, 4.69) is 24.1 Å². The number of carbonyl (C=O) groups excluding carboxylic acids is 1. The average molecular weight is 298 g/mol. The number of thiazole rings is 1. The summed E-state index contributed by atoms with van der Waals surface area (Å²) in [5.41, 5.74) is 0.472. The second-order valence-corrected chi connectivity index (χ2v) is 6.82. The lowest BCUT2D eigenvalue weighted by Crippen LogP contribution is -2.58. The number of hydrogen-bond donors (Lipinski definition) is 1. The van der Waals surface area contributed by atoms with Crippen molar-refractivity contribution in [3.05, 3.63) is 10.6 Å². The summed E-state index contributed by atoms with van der Waals surface area (Å²) in [6, 6.07) is 0.315. The van der Waals surface area contributed by atoms with Crippen molar-refractivity contribution >= 4 is 22.4 Å². The lowest BCUT2D eigenvalue weighted by atomic mass is 9.64. The van der Waals surface area contributed by atoms with E-state index in [4.69, 9.17) is 9.47 Å². The molecule has 1 aromatic rings. The van der Waals surface area contributed by atoms with Gasteiger partial charge in [-0.05, 0) is 20.3 Å².